The molecular weight excluding hydrogens is 585 g/mol. The van der Waals surface area contributed by atoms with Gasteiger partial charge in [0.15, 0.2) is 5.69 Å². The van der Waals surface area contributed by atoms with Crippen LogP contribution in [0.1, 0.15) is 5.56 Å². The Labute approximate surface area is 258 Å². The lowest BCUT2D eigenvalue weighted by Gasteiger charge is -2.38. The van der Waals surface area contributed by atoms with E-state index in [4.69, 9.17) is 29.5 Å². The Morgan fingerprint density at radius 2 is 0.930 bits per heavy atom. The summed E-state index contributed by atoms with van der Waals surface area (Å²) in [7, 11) is -6.84. The number of rotatable bonds is 12. The molecule has 4 rings (SSSR count). The van der Waals surface area contributed by atoms with E-state index in [0.717, 1.165) is 33.8 Å². The summed E-state index contributed by atoms with van der Waals surface area (Å²) in [5, 5.41) is 9.01. The van der Waals surface area contributed by atoms with E-state index < -0.39 is 25.2 Å². The first kappa shape index (κ1) is 32.0. The molecule has 0 aromatic heterocycles. The van der Waals surface area contributed by atoms with Gasteiger partial charge in [0.25, 0.3) is 0 Å². The van der Waals surface area contributed by atoms with Crippen LogP contribution in [0.5, 0.6) is 11.5 Å². The van der Waals surface area contributed by atoms with E-state index in [-0.39, 0.29) is 0 Å². The zero-order valence-corrected chi connectivity index (χ0v) is 28.7. The van der Waals surface area contributed by atoms with Crippen molar-refractivity contribution in [3.63, 3.8) is 0 Å². The van der Waals surface area contributed by atoms with Crippen LogP contribution in [0.25, 0.3) is 27.1 Å². The minimum Gasteiger partial charge on any atom is -0.494 e. The van der Waals surface area contributed by atoms with Crippen molar-refractivity contribution in [2.45, 2.75) is 39.3 Å². The number of hydrogen-bond acceptors (Lipinski definition) is 5. The third-order valence-corrected chi connectivity index (χ3v) is 16.6. The van der Waals surface area contributed by atoms with Crippen molar-refractivity contribution in [3.05, 3.63) is 114 Å². The largest absolute Gasteiger partial charge is 0.494 e. The molecule has 0 amide bonds. The maximum atomic E-state index is 9.01. The molecule has 0 N–H and O–H groups in total. The second-order valence-corrected chi connectivity index (χ2v) is 24.1. The zero-order valence-electron chi connectivity index (χ0n) is 25.7. The van der Waals surface area contributed by atoms with Crippen LogP contribution in [0.3, 0.4) is 0 Å². The average Bonchev–Trinajstić information content (AvgIpc) is 2.99. The van der Waals surface area contributed by atoms with Gasteiger partial charge in [0.05, 0.1) is 18.2 Å². The standard InChI is InChI=1S/C34H38N2O4Si3/c1-36-32-18-12-29(13-19-32)31-16-22-34(23-17-31)38-26-42(4,5)40-43(6,7)39-41(2,3)25-37-33-20-14-30(15-21-33)28-10-8-27(24-35)9-11-28/h8-23H,25-26H2,2-7H3. The first-order valence-electron chi connectivity index (χ1n) is 14.2. The molecule has 43 heavy (non-hydrogen) atoms. The molecule has 4 aromatic rings. The molecule has 0 aliphatic heterocycles. The monoisotopic (exact) mass is 622 g/mol. The van der Waals surface area contributed by atoms with Crippen LogP contribution in [0.2, 0.25) is 39.3 Å². The molecule has 0 aliphatic carbocycles. The highest BCUT2D eigenvalue weighted by atomic mass is 28.5. The minimum absolute atomic E-state index is 0.522. The summed E-state index contributed by atoms with van der Waals surface area (Å²) in [6, 6.07) is 33.3. The Bertz CT molecular complexity index is 1470. The van der Waals surface area contributed by atoms with Crippen LogP contribution >= 0.6 is 0 Å². The maximum absolute atomic E-state index is 9.01. The van der Waals surface area contributed by atoms with Crippen LogP contribution in [-0.4, -0.2) is 37.7 Å². The van der Waals surface area contributed by atoms with Gasteiger partial charge >= 0.3 is 8.56 Å². The summed E-state index contributed by atoms with van der Waals surface area (Å²) < 4.78 is 25.7. The summed E-state index contributed by atoms with van der Waals surface area (Å²) in [5.41, 5.74) is 5.57. The second-order valence-electron chi connectivity index (χ2n) is 12.1. The van der Waals surface area contributed by atoms with E-state index in [0.29, 0.717) is 23.7 Å². The van der Waals surface area contributed by atoms with Crippen LogP contribution < -0.4 is 9.47 Å². The van der Waals surface area contributed by atoms with Crippen LogP contribution in [0.4, 0.5) is 5.69 Å². The molecule has 9 heteroatoms. The topological polar surface area (TPSA) is 65.1 Å². The van der Waals surface area contributed by atoms with Crippen molar-refractivity contribution in [1.29, 1.82) is 5.26 Å². The zero-order chi connectivity index (χ0) is 31.1. The quantitative estimate of drug-likeness (QED) is 0.116. The normalized spacial score (nSPS) is 11.8. The molecular formula is C34H38N2O4Si3. The fraction of sp³-hybridized carbons (Fsp3) is 0.235. The predicted octanol–water partition coefficient (Wildman–Crippen LogP) is 9.12. The van der Waals surface area contributed by atoms with Crippen molar-refractivity contribution >= 4 is 30.9 Å². The molecule has 0 saturated heterocycles. The number of nitrogens with zero attached hydrogens (tertiary/aromatic N) is 2. The van der Waals surface area contributed by atoms with E-state index in [1.807, 2.05) is 97.1 Å². The lowest BCUT2D eigenvalue weighted by Crippen LogP contribution is -2.56. The summed E-state index contributed by atoms with van der Waals surface area (Å²) in [6.45, 7) is 20.0. The number of ether oxygens (including phenoxy) is 2. The van der Waals surface area contributed by atoms with Gasteiger partial charge in [-0.1, -0.05) is 60.7 Å². The molecule has 0 fully saturated rings. The Kier molecular flexibility index (Phi) is 10.1. The fourth-order valence-electron chi connectivity index (χ4n) is 4.88. The summed E-state index contributed by atoms with van der Waals surface area (Å²) in [4.78, 5) is 3.45. The Morgan fingerprint density at radius 1 is 0.581 bits per heavy atom. The van der Waals surface area contributed by atoms with Gasteiger partial charge in [-0.25, -0.2) is 4.85 Å². The van der Waals surface area contributed by atoms with E-state index in [9.17, 15) is 0 Å². The first-order chi connectivity index (χ1) is 20.4. The Morgan fingerprint density at radius 3 is 1.28 bits per heavy atom. The van der Waals surface area contributed by atoms with Crippen molar-refractivity contribution < 1.29 is 17.7 Å². The van der Waals surface area contributed by atoms with Gasteiger partial charge in [-0.2, -0.15) is 5.26 Å². The molecule has 0 unspecified atom stereocenters. The smallest absolute Gasteiger partial charge is 0.311 e. The van der Waals surface area contributed by atoms with Gasteiger partial charge in [-0.3, -0.25) is 0 Å². The first-order valence-corrected chi connectivity index (χ1v) is 23.3. The van der Waals surface area contributed by atoms with Gasteiger partial charge in [0.2, 0.25) is 16.6 Å². The summed E-state index contributed by atoms with van der Waals surface area (Å²) in [6.07, 6.45) is 1.05. The van der Waals surface area contributed by atoms with E-state index in [1.165, 1.54) is 0 Å². The number of benzene rings is 4. The van der Waals surface area contributed by atoms with Gasteiger partial charge in [0, 0.05) is 0 Å². The second kappa shape index (κ2) is 13.6. The average molecular weight is 623 g/mol. The lowest BCUT2D eigenvalue weighted by atomic mass is 10.0. The molecule has 0 bridgehead atoms. The molecule has 0 heterocycles. The summed E-state index contributed by atoms with van der Waals surface area (Å²) in [5.74, 6) is 1.61. The van der Waals surface area contributed by atoms with Crippen molar-refractivity contribution in [3.8, 4) is 39.8 Å². The van der Waals surface area contributed by atoms with Crippen molar-refractivity contribution in [2.75, 3.05) is 12.5 Å². The van der Waals surface area contributed by atoms with Gasteiger partial charge in [-0.05, 0) is 97.9 Å². The Balaban J connectivity index is 1.27. The van der Waals surface area contributed by atoms with Crippen LogP contribution in [0.15, 0.2) is 97.1 Å². The summed E-state index contributed by atoms with van der Waals surface area (Å²) >= 11 is 0. The number of hydrogen-bond donors (Lipinski definition) is 0. The highest BCUT2D eigenvalue weighted by Gasteiger charge is 2.40. The van der Waals surface area contributed by atoms with Gasteiger partial charge in [-0.15, -0.1) is 0 Å². The third kappa shape index (κ3) is 9.52. The van der Waals surface area contributed by atoms with Crippen LogP contribution in [0, 0.1) is 17.9 Å². The lowest BCUT2D eigenvalue weighted by molar-refractivity contribution is 0.312. The fourth-order valence-corrected chi connectivity index (χ4v) is 17.6. The molecule has 0 aliphatic rings. The minimum atomic E-state index is -2.45. The maximum Gasteiger partial charge on any atom is 0.311 e. The highest BCUT2D eigenvalue weighted by Crippen LogP contribution is 2.27. The van der Waals surface area contributed by atoms with E-state index in [2.05, 4.69) is 50.2 Å². The van der Waals surface area contributed by atoms with E-state index >= 15 is 0 Å². The highest BCUT2D eigenvalue weighted by molar-refractivity contribution is 6.87. The van der Waals surface area contributed by atoms with Gasteiger partial charge < -0.3 is 17.7 Å². The predicted molar refractivity (Wildman–Crippen MR) is 180 cm³/mol. The molecule has 6 nitrogen and oxygen atoms in total. The molecule has 0 spiro atoms. The Hall–Kier alpha value is -3.97. The number of nitriles is 1. The third-order valence-electron chi connectivity index (χ3n) is 6.60. The molecule has 4 aromatic carbocycles. The van der Waals surface area contributed by atoms with Gasteiger partial charge in [0.1, 0.15) is 24.0 Å². The molecule has 0 radical (unpaired) electrons. The molecule has 220 valence electrons. The molecule has 0 atom stereocenters. The van der Waals surface area contributed by atoms with Crippen molar-refractivity contribution in [2.24, 2.45) is 0 Å². The van der Waals surface area contributed by atoms with Crippen LogP contribution in [-0.2, 0) is 8.23 Å². The molecule has 0 saturated carbocycles. The SMILES string of the molecule is [C-]#[N+]c1ccc(-c2ccc(OC[Si](C)(C)O[Si](C)(C)O[Si](C)(C)COc3ccc(-c4ccc(C#N)cc4)cc3)cc2)cc1. The van der Waals surface area contributed by atoms with E-state index in [1.54, 1.807) is 0 Å². The van der Waals surface area contributed by atoms with Crippen molar-refractivity contribution in [1.82, 2.24) is 0 Å².